The maximum Gasteiger partial charge on any atom is 0.253 e. The third-order valence-electron chi connectivity index (χ3n) is 3.08. The zero-order valence-corrected chi connectivity index (χ0v) is 12.2. The number of phenolic OH excluding ortho intramolecular Hbond substituents is 1. The zero-order chi connectivity index (χ0) is 14.7. The van der Waals surface area contributed by atoms with E-state index in [-0.39, 0.29) is 16.7 Å². The Bertz CT molecular complexity index is 623. The summed E-state index contributed by atoms with van der Waals surface area (Å²) >= 11 is 5.82. The molecule has 104 valence electrons. The molecule has 4 heteroatoms. The molecule has 0 fully saturated rings. The number of hydrogen-bond donors (Lipinski definition) is 1. The lowest BCUT2D eigenvalue weighted by Gasteiger charge is -2.17. The van der Waals surface area contributed by atoms with Gasteiger partial charge in [0.2, 0.25) is 0 Å². The monoisotopic (exact) mass is 289 g/mol. The Labute approximate surface area is 123 Å². The SMILES string of the molecule is Cc1ccc(CN(C)C(=O)c2ccc(O)c(Cl)c2)cc1. The summed E-state index contributed by atoms with van der Waals surface area (Å²) in [4.78, 5) is 13.9. The topological polar surface area (TPSA) is 40.5 Å². The highest BCUT2D eigenvalue weighted by atomic mass is 35.5. The second-order valence-corrected chi connectivity index (χ2v) is 5.22. The van der Waals surface area contributed by atoms with Crippen molar-refractivity contribution in [2.45, 2.75) is 13.5 Å². The number of carbonyl (C=O) groups is 1. The van der Waals surface area contributed by atoms with Crippen molar-refractivity contribution in [1.82, 2.24) is 4.90 Å². The fraction of sp³-hybridized carbons (Fsp3) is 0.188. The number of aromatic hydroxyl groups is 1. The molecule has 2 rings (SSSR count). The van der Waals surface area contributed by atoms with E-state index in [0.717, 1.165) is 5.56 Å². The van der Waals surface area contributed by atoms with Gasteiger partial charge in [-0.1, -0.05) is 41.4 Å². The molecule has 0 spiro atoms. The molecule has 0 atom stereocenters. The van der Waals surface area contributed by atoms with E-state index in [4.69, 9.17) is 11.6 Å². The van der Waals surface area contributed by atoms with E-state index in [0.29, 0.717) is 12.1 Å². The molecule has 0 saturated carbocycles. The van der Waals surface area contributed by atoms with Gasteiger partial charge < -0.3 is 10.0 Å². The number of phenols is 1. The highest BCUT2D eigenvalue weighted by molar-refractivity contribution is 6.32. The Morgan fingerprint density at radius 3 is 2.45 bits per heavy atom. The normalized spacial score (nSPS) is 10.3. The van der Waals surface area contributed by atoms with E-state index in [9.17, 15) is 9.90 Å². The number of benzene rings is 2. The third kappa shape index (κ3) is 3.31. The smallest absolute Gasteiger partial charge is 0.253 e. The zero-order valence-electron chi connectivity index (χ0n) is 11.4. The van der Waals surface area contributed by atoms with E-state index in [2.05, 4.69) is 0 Å². The lowest BCUT2D eigenvalue weighted by molar-refractivity contribution is 0.0785. The number of halogens is 1. The van der Waals surface area contributed by atoms with Gasteiger partial charge in [0.05, 0.1) is 5.02 Å². The Morgan fingerprint density at radius 1 is 1.20 bits per heavy atom. The number of aryl methyl sites for hydroxylation is 1. The van der Waals surface area contributed by atoms with Crippen molar-refractivity contribution in [3.05, 3.63) is 64.2 Å². The van der Waals surface area contributed by atoms with Crippen molar-refractivity contribution in [3.8, 4) is 5.75 Å². The van der Waals surface area contributed by atoms with Crippen molar-refractivity contribution in [1.29, 1.82) is 0 Å². The van der Waals surface area contributed by atoms with Gasteiger partial charge in [0.1, 0.15) is 5.75 Å². The Balaban J connectivity index is 2.11. The van der Waals surface area contributed by atoms with Crippen LogP contribution in [0.4, 0.5) is 0 Å². The molecule has 2 aromatic rings. The van der Waals surface area contributed by atoms with Crippen molar-refractivity contribution in [2.75, 3.05) is 7.05 Å². The standard InChI is InChI=1S/C16H16ClNO2/c1-11-3-5-12(6-4-11)10-18(2)16(20)13-7-8-15(19)14(17)9-13/h3-9,19H,10H2,1-2H3. The van der Waals surface area contributed by atoms with Crippen LogP contribution in [0, 0.1) is 6.92 Å². The van der Waals surface area contributed by atoms with Gasteiger partial charge >= 0.3 is 0 Å². The molecule has 3 nitrogen and oxygen atoms in total. The first-order chi connectivity index (χ1) is 9.47. The molecule has 1 N–H and O–H groups in total. The molecule has 0 aliphatic carbocycles. The van der Waals surface area contributed by atoms with E-state index in [1.165, 1.54) is 17.7 Å². The van der Waals surface area contributed by atoms with Crippen molar-refractivity contribution in [2.24, 2.45) is 0 Å². The first-order valence-corrected chi connectivity index (χ1v) is 6.64. The quantitative estimate of drug-likeness (QED) is 0.937. The van der Waals surface area contributed by atoms with Crippen LogP contribution in [-0.2, 0) is 6.54 Å². The van der Waals surface area contributed by atoms with Gasteiger partial charge in [-0.3, -0.25) is 4.79 Å². The van der Waals surface area contributed by atoms with Crippen LogP contribution in [0.3, 0.4) is 0 Å². The molecular formula is C16H16ClNO2. The van der Waals surface area contributed by atoms with Gasteiger partial charge in [-0.15, -0.1) is 0 Å². The molecule has 2 aromatic carbocycles. The molecule has 0 radical (unpaired) electrons. The summed E-state index contributed by atoms with van der Waals surface area (Å²) < 4.78 is 0. The van der Waals surface area contributed by atoms with Gasteiger partial charge in [-0.05, 0) is 30.7 Å². The summed E-state index contributed by atoms with van der Waals surface area (Å²) in [6.07, 6.45) is 0. The van der Waals surface area contributed by atoms with Gasteiger partial charge in [0, 0.05) is 19.2 Å². The molecule has 0 aliphatic rings. The Kier molecular flexibility index (Phi) is 4.30. The molecule has 0 unspecified atom stereocenters. The number of nitrogens with zero attached hydrogens (tertiary/aromatic N) is 1. The maximum absolute atomic E-state index is 12.3. The highest BCUT2D eigenvalue weighted by Gasteiger charge is 2.13. The predicted octanol–water partition coefficient (Wildman–Crippen LogP) is 3.63. The third-order valence-corrected chi connectivity index (χ3v) is 3.38. The van der Waals surface area contributed by atoms with Crippen LogP contribution in [0.15, 0.2) is 42.5 Å². The average molecular weight is 290 g/mol. The Morgan fingerprint density at radius 2 is 1.85 bits per heavy atom. The second-order valence-electron chi connectivity index (χ2n) is 4.81. The molecule has 0 aliphatic heterocycles. The fourth-order valence-electron chi connectivity index (χ4n) is 1.90. The van der Waals surface area contributed by atoms with Crippen LogP contribution < -0.4 is 0 Å². The summed E-state index contributed by atoms with van der Waals surface area (Å²) in [5, 5.41) is 9.55. The number of hydrogen-bond acceptors (Lipinski definition) is 2. The van der Waals surface area contributed by atoms with Crippen LogP contribution in [0.1, 0.15) is 21.5 Å². The van der Waals surface area contributed by atoms with Gasteiger partial charge in [-0.2, -0.15) is 0 Å². The minimum Gasteiger partial charge on any atom is -0.506 e. The largest absolute Gasteiger partial charge is 0.506 e. The van der Waals surface area contributed by atoms with Gasteiger partial charge in [-0.25, -0.2) is 0 Å². The molecule has 0 bridgehead atoms. The minimum atomic E-state index is -0.132. The summed E-state index contributed by atoms with van der Waals surface area (Å²) in [6, 6.07) is 12.5. The van der Waals surface area contributed by atoms with Crippen LogP contribution >= 0.6 is 11.6 Å². The highest BCUT2D eigenvalue weighted by Crippen LogP contribution is 2.24. The van der Waals surface area contributed by atoms with Crippen molar-refractivity contribution < 1.29 is 9.90 Å². The summed E-state index contributed by atoms with van der Waals surface area (Å²) in [6.45, 7) is 2.55. The van der Waals surface area contributed by atoms with E-state index in [1.54, 1.807) is 18.0 Å². The molecule has 0 saturated heterocycles. The maximum atomic E-state index is 12.3. The summed E-state index contributed by atoms with van der Waals surface area (Å²) in [5.41, 5.74) is 2.71. The van der Waals surface area contributed by atoms with Gasteiger partial charge in [0.15, 0.2) is 0 Å². The van der Waals surface area contributed by atoms with Crippen molar-refractivity contribution in [3.63, 3.8) is 0 Å². The lowest BCUT2D eigenvalue weighted by atomic mass is 10.1. The molecule has 0 heterocycles. The second kappa shape index (κ2) is 5.97. The van der Waals surface area contributed by atoms with Crippen LogP contribution in [0.5, 0.6) is 5.75 Å². The first-order valence-electron chi connectivity index (χ1n) is 6.27. The van der Waals surface area contributed by atoms with Crippen LogP contribution in [-0.4, -0.2) is 23.0 Å². The van der Waals surface area contributed by atoms with E-state index >= 15 is 0 Å². The number of carbonyl (C=O) groups excluding carboxylic acids is 1. The van der Waals surface area contributed by atoms with E-state index in [1.807, 2.05) is 31.2 Å². The predicted molar refractivity (Wildman–Crippen MR) is 80.1 cm³/mol. The molecule has 0 aromatic heterocycles. The van der Waals surface area contributed by atoms with Crippen molar-refractivity contribution >= 4 is 17.5 Å². The minimum absolute atomic E-state index is 0.0237. The van der Waals surface area contributed by atoms with Crippen LogP contribution in [0.25, 0.3) is 0 Å². The Hall–Kier alpha value is -2.00. The fourth-order valence-corrected chi connectivity index (χ4v) is 2.08. The molecule has 20 heavy (non-hydrogen) atoms. The average Bonchev–Trinajstić information content (AvgIpc) is 2.43. The summed E-state index contributed by atoms with van der Waals surface area (Å²) in [5.74, 6) is -0.156. The first kappa shape index (κ1) is 14.4. The molecule has 1 amide bonds. The number of rotatable bonds is 3. The van der Waals surface area contributed by atoms with Gasteiger partial charge in [0.25, 0.3) is 5.91 Å². The number of amides is 1. The molecular weight excluding hydrogens is 274 g/mol. The van der Waals surface area contributed by atoms with Crippen LogP contribution in [0.2, 0.25) is 5.02 Å². The lowest BCUT2D eigenvalue weighted by Crippen LogP contribution is -2.26. The summed E-state index contributed by atoms with van der Waals surface area (Å²) in [7, 11) is 1.74. The van der Waals surface area contributed by atoms with E-state index < -0.39 is 0 Å².